The molecule has 0 spiro atoms. The molecule has 5 nitrogen and oxygen atoms in total. The zero-order chi connectivity index (χ0) is 17.7. The summed E-state index contributed by atoms with van der Waals surface area (Å²) in [4.78, 5) is 28.5. The van der Waals surface area contributed by atoms with Crippen LogP contribution in [0.25, 0.3) is 0 Å². The van der Waals surface area contributed by atoms with Gasteiger partial charge in [0.1, 0.15) is 5.60 Å². The van der Waals surface area contributed by atoms with Gasteiger partial charge in [-0.2, -0.15) is 0 Å². The zero-order valence-corrected chi connectivity index (χ0v) is 15.8. The third kappa shape index (κ3) is 5.38. The normalized spacial score (nSPS) is 25.5. The monoisotopic (exact) mass is 338 g/mol. The number of piperazine rings is 1. The summed E-state index contributed by atoms with van der Waals surface area (Å²) in [5, 5.41) is 0. The van der Waals surface area contributed by atoms with E-state index in [0.717, 1.165) is 18.8 Å². The maximum Gasteiger partial charge on any atom is 0.410 e. The number of hydrogen-bond donors (Lipinski definition) is 0. The minimum Gasteiger partial charge on any atom is -0.444 e. The van der Waals surface area contributed by atoms with Crippen molar-refractivity contribution in [2.24, 2.45) is 11.8 Å². The summed E-state index contributed by atoms with van der Waals surface area (Å²) in [7, 11) is 0. The van der Waals surface area contributed by atoms with Crippen LogP contribution in [0.2, 0.25) is 0 Å². The molecule has 138 valence electrons. The summed E-state index contributed by atoms with van der Waals surface area (Å²) in [6.07, 6.45) is 6.75. The Balaban J connectivity index is 1.76. The van der Waals surface area contributed by atoms with Crippen LogP contribution in [0.15, 0.2) is 0 Å². The van der Waals surface area contributed by atoms with Crippen molar-refractivity contribution < 1.29 is 14.3 Å². The van der Waals surface area contributed by atoms with Gasteiger partial charge in [0, 0.05) is 32.1 Å². The molecule has 0 unspecified atom stereocenters. The summed E-state index contributed by atoms with van der Waals surface area (Å²) >= 11 is 0. The maximum absolute atomic E-state index is 12.7. The molecule has 2 amide bonds. The molecule has 1 saturated carbocycles. The molecule has 5 heteroatoms. The van der Waals surface area contributed by atoms with Gasteiger partial charge in [0.25, 0.3) is 0 Å². The van der Waals surface area contributed by atoms with Gasteiger partial charge < -0.3 is 14.5 Å². The van der Waals surface area contributed by atoms with E-state index in [2.05, 4.69) is 6.92 Å². The zero-order valence-electron chi connectivity index (χ0n) is 15.8. The lowest BCUT2D eigenvalue weighted by Gasteiger charge is -2.38. The number of nitrogens with zero attached hydrogens (tertiary/aromatic N) is 2. The van der Waals surface area contributed by atoms with E-state index in [1.54, 1.807) is 4.90 Å². The van der Waals surface area contributed by atoms with Gasteiger partial charge in [0.05, 0.1) is 0 Å². The minimum atomic E-state index is -0.471. The van der Waals surface area contributed by atoms with Crippen LogP contribution in [0.3, 0.4) is 0 Å². The lowest BCUT2D eigenvalue weighted by molar-refractivity contribution is -0.138. The Hall–Kier alpha value is -1.26. The van der Waals surface area contributed by atoms with Crippen molar-refractivity contribution in [3.05, 3.63) is 0 Å². The van der Waals surface area contributed by atoms with E-state index in [9.17, 15) is 9.59 Å². The largest absolute Gasteiger partial charge is 0.444 e. The predicted molar refractivity (Wildman–Crippen MR) is 94.7 cm³/mol. The molecule has 1 aliphatic heterocycles. The molecule has 0 atom stereocenters. The van der Waals surface area contributed by atoms with Gasteiger partial charge in [0.15, 0.2) is 0 Å². The second kappa shape index (κ2) is 8.21. The van der Waals surface area contributed by atoms with Crippen LogP contribution >= 0.6 is 0 Å². The Morgan fingerprint density at radius 1 is 0.958 bits per heavy atom. The first-order chi connectivity index (χ1) is 11.3. The van der Waals surface area contributed by atoms with E-state index in [1.807, 2.05) is 25.7 Å². The van der Waals surface area contributed by atoms with Crippen molar-refractivity contribution in [2.75, 3.05) is 26.2 Å². The van der Waals surface area contributed by atoms with Crippen LogP contribution < -0.4 is 0 Å². The summed E-state index contributed by atoms with van der Waals surface area (Å²) < 4.78 is 5.41. The summed E-state index contributed by atoms with van der Waals surface area (Å²) in [6, 6.07) is 0. The second-order valence-electron chi connectivity index (χ2n) is 8.30. The fourth-order valence-electron chi connectivity index (χ4n) is 3.80. The van der Waals surface area contributed by atoms with Crippen LogP contribution in [0.1, 0.15) is 66.2 Å². The van der Waals surface area contributed by atoms with Crippen LogP contribution in [0, 0.1) is 11.8 Å². The van der Waals surface area contributed by atoms with Crippen LogP contribution in [-0.4, -0.2) is 53.6 Å². The fourth-order valence-corrected chi connectivity index (χ4v) is 3.80. The molecule has 2 aliphatic rings. The molecular formula is C19H34N2O3. The molecule has 0 radical (unpaired) electrons. The molecule has 24 heavy (non-hydrogen) atoms. The molecule has 0 N–H and O–H groups in total. The third-order valence-corrected chi connectivity index (χ3v) is 5.14. The van der Waals surface area contributed by atoms with Crippen molar-refractivity contribution in [1.29, 1.82) is 0 Å². The standard InChI is InChI=1S/C19H34N2O3/c1-5-6-15-7-9-16(10-8-15)17(22)20-11-13-21(14-12-20)18(23)24-19(2,3)4/h15-16H,5-14H2,1-4H3. The van der Waals surface area contributed by atoms with Crippen molar-refractivity contribution in [2.45, 2.75) is 71.8 Å². The Labute approximate surface area is 146 Å². The molecule has 0 aromatic heterocycles. The van der Waals surface area contributed by atoms with Gasteiger partial charge in [-0.05, 0) is 52.4 Å². The number of hydrogen-bond acceptors (Lipinski definition) is 3. The van der Waals surface area contributed by atoms with E-state index >= 15 is 0 Å². The lowest BCUT2D eigenvalue weighted by atomic mass is 9.79. The molecule has 0 aromatic carbocycles. The molecule has 2 rings (SSSR count). The van der Waals surface area contributed by atoms with E-state index in [0.29, 0.717) is 32.1 Å². The van der Waals surface area contributed by atoms with Crippen LogP contribution in [0.4, 0.5) is 4.79 Å². The summed E-state index contributed by atoms with van der Waals surface area (Å²) in [6.45, 7) is 10.3. The van der Waals surface area contributed by atoms with Crippen LogP contribution in [0.5, 0.6) is 0 Å². The molecular weight excluding hydrogens is 304 g/mol. The average molecular weight is 338 g/mol. The van der Waals surface area contributed by atoms with Crippen molar-refractivity contribution in [1.82, 2.24) is 9.80 Å². The van der Waals surface area contributed by atoms with Crippen molar-refractivity contribution >= 4 is 12.0 Å². The number of ether oxygens (including phenoxy) is 1. The lowest BCUT2D eigenvalue weighted by Crippen LogP contribution is -2.53. The Morgan fingerprint density at radius 2 is 1.50 bits per heavy atom. The van der Waals surface area contributed by atoms with Gasteiger partial charge >= 0.3 is 6.09 Å². The van der Waals surface area contributed by atoms with Gasteiger partial charge in [0.2, 0.25) is 5.91 Å². The van der Waals surface area contributed by atoms with E-state index in [1.165, 1.54) is 25.7 Å². The van der Waals surface area contributed by atoms with E-state index in [4.69, 9.17) is 4.74 Å². The van der Waals surface area contributed by atoms with Gasteiger partial charge in [-0.15, -0.1) is 0 Å². The van der Waals surface area contributed by atoms with E-state index in [-0.39, 0.29) is 12.0 Å². The predicted octanol–water partition coefficient (Wildman–Crippen LogP) is 3.67. The number of carbonyl (C=O) groups is 2. The Morgan fingerprint density at radius 3 is 2.00 bits per heavy atom. The highest BCUT2D eigenvalue weighted by Crippen LogP contribution is 2.32. The second-order valence-corrected chi connectivity index (χ2v) is 8.30. The smallest absolute Gasteiger partial charge is 0.410 e. The highest BCUT2D eigenvalue weighted by molar-refractivity contribution is 5.79. The topological polar surface area (TPSA) is 49.9 Å². The van der Waals surface area contributed by atoms with Crippen molar-refractivity contribution in [3.63, 3.8) is 0 Å². The van der Waals surface area contributed by atoms with Crippen LogP contribution in [-0.2, 0) is 9.53 Å². The van der Waals surface area contributed by atoms with Gasteiger partial charge in [-0.25, -0.2) is 4.79 Å². The minimum absolute atomic E-state index is 0.200. The van der Waals surface area contributed by atoms with Gasteiger partial charge in [-0.1, -0.05) is 19.8 Å². The SMILES string of the molecule is CCCC1CCC(C(=O)N2CCN(C(=O)OC(C)(C)C)CC2)CC1. The molecule has 0 bridgehead atoms. The molecule has 2 fully saturated rings. The molecule has 0 aromatic rings. The first-order valence-corrected chi connectivity index (χ1v) is 9.57. The molecule has 1 aliphatic carbocycles. The first-order valence-electron chi connectivity index (χ1n) is 9.57. The van der Waals surface area contributed by atoms with Crippen molar-refractivity contribution in [3.8, 4) is 0 Å². The molecule has 1 saturated heterocycles. The first kappa shape index (κ1) is 19.1. The quantitative estimate of drug-likeness (QED) is 0.789. The number of amides is 2. The Bertz CT molecular complexity index is 428. The van der Waals surface area contributed by atoms with E-state index < -0.39 is 5.60 Å². The molecule has 1 heterocycles. The third-order valence-electron chi connectivity index (χ3n) is 5.14. The fraction of sp³-hybridized carbons (Fsp3) is 0.895. The average Bonchev–Trinajstić information content (AvgIpc) is 2.54. The summed E-state index contributed by atoms with van der Waals surface area (Å²) in [5.41, 5.74) is -0.471. The highest BCUT2D eigenvalue weighted by Gasteiger charge is 2.32. The maximum atomic E-state index is 12.7. The summed E-state index contributed by atoms with van der Waals surface area (Å²) in [5.74, 6) is 1.32. The highest BCUT2D eigenvalue weighted by atomic mass is 16.6. The van der Waals surface area contributed by atoms with Gasteiger partial charge in [-0.3, -0.25) is 4.79 Å². The number of carbonyl (C=O) groups excluding carboxylic acids is 2. The number of rotatable bonds is 3. The Kier molecular flexibility index (Phi) is 6.53.